The first-order valence-corrected chi connectivity index (χ1v) is 7.25. The lowest BCUT2D eigenvalue weighted by Crippen LogP contribution is -2.16. The quantitative estimate of drug-likeness (QED) is 0.470. The van der Waals surface area contributed by atoms with Crippen LogP contribution < -0.4 is 5.32 Å². The Morgan fingerprint density at radius 2 is 1.80 bits per heavy atom. The minimum Gasteiger partial charge on any atom is -0.512 e. The van der Waals surface area contributed by atoms with Crippen LogP contribution >= 0.6 is 0 Å². The van der Waals surface area contributed by atoms with Gasteiger partial charge < -0.3 is 10.4 Å². The first-order chi connectivity index (χ1) is 11.8. The van der Waals surface area contributed by atoms with Gasteiger partial charge in [-0.25, -0.2) is 0 Å². The van der Waals surface area contributed by atoms with Gasteiger partial charge in [0, 0.05) is 11.9 Å². The van der Waals surface area contributed by atoms with Crippen molar-refractivity contribution in [1.29, 1.82) is 0 Å². The number of nitrogens with one attached hydrogen (secondary N) is 1. The first kappa shape index (κ1) is 18.3. The molecule has 2 aromatic rings. The highest BCUT2D eigenvalue weighted by atomic mass is 19.4. The summed E-state index contributed by atoms with van der Waals surface area (Å²) in [6.45, 7) is 1.29. The van der Waals surface area contributed by atoms with Gasteiger partial charge in [-0.3, -0.25) is 9.79 Å². The van der Waals surface area contributed by atoms with Crippen LogP contribution in [0.25, 0.3) is 0 Å². The predicted molar refractivity (Wildman–Crippen MR) is 90.0 cm³/mol. The second-order valence-electron chi connectivity index (χ2n) is 5.13. The van der Waals surface area contributed by atoms with Crippen molar-refractivity contribution < 1.29 is 23.1 Å². The third kappa shape index (κ3) is 5.20. The smallest absolute Gasteiger partial charge is 0.416 e. The van der Waals surface area contributed by atoms with Crippen LogP contribution in [0.2, 0.25) is 0 Å². The minimum atomic E-state index is -4.48. The molecule has 0 aliphatic carbocycles. The summed E-state index contributed by atoms with van der Waals surface area (Å²) in [7, 11) is 0. The molecule has 25 heavy (non-hydrogen) atoms. The molecule has 0 aliphatic heterocycles. The van der Waals surface area contributed by atoms with E-state index in [4.69, 9.17) is 0 Å². The number of alkyl halides is 3. The SMILES string of the molecule is CC(O)=C(C=Nc1cccc(C(F)(F)F)c1)C(=O)Nc1ccccc1. The van der Waals surface area contributed by atoms with Crippen LogP contribution in [0.1, 0.15) is 12.5 Å². The van der Waals surface area contributed by atoms with E-state index < -0.39 is 17.6 Å². The van der Waals surface area contributed by atoms with E-state index in [1.54, 1.807) is 30.3 Å². The summed E-state index contributed by atoms with van der Waals surface area (Å²) in [5, 5.41) is 12.2. The van der Waals surface area contributed by atoms with Crippen LogP contribution in [0.4, 0.5) is 24.5 Å². The zero-order valence-electron chi connectivity index (χ0n) is 13.2. The molecule has 4 nitrogen and oxygen atoms in total. The summed E-state index contributed by atoms with van der Waals surface area (Å²) in [6, 6.07) is 12.9. The maximum absolute atomic E-state index is 12.7. The van der Waals surface area contributed by atoms with Gasteiger partial charge in [-0.2, -0.15) is 13.2 Å². The number of amides is 1. The molecule has 130 valence electrons. The molecular formula is C18H15F3N2O2. The van der Waals surface area contributed by atoms with Crippen molar-refractivity contribution in [2.45, 2.75) is 13.1 Å². The molecule has 1 amide bonds. The summed E-state index contributed by atoms with van der Waals surface area (Å²) in [5.41, 5.74) is -0.469. The Kier molecular flexibility index (Phi) is 5.59. The summed E-state index contributed by atoms with van der Waals surface area (Å²) in [6.07, 6.45) is -3.45. The first-order valence-electron chi connectivity index (χ1n) is 7.25. The lowest BCUT2D eigenvalue weighted by atomic mass is 10.2. The third-order valence-corrected chi connectivity index (χ3v) is 3.18. The fourth-order valence-electron chi connectivity index (χ4n) is 1.94. The van der Waals surface area contributed by atoms with Gasteiger partial charge in [0.05, 0.1) is 16.8 Å². The van der Waals surface area contributed by atoms with E-state index in [1.807, 2.05) is 0 Å². The third-order valence-electron chi connectivity index (χ3n) is 3.18. The highest BCUT2D eigenvalue weighted by molar-refractivity contribution is 6.18. The summed E-state index contributed by atoms with van der Waals surface area (Å²) >= 11 is 0. The van der Waals surface area contributed by atoms with Crippen LogP contribution in [0.15, 0.2) is 70.9 Å². The van der Waals surface area contributed by atoms with Crippen molar-refractivity contribution in [2.24, 2.45) is 4.99 Å². The second-order valence-corrected chi connectivity index (χ2v) is 5.13. The van der Waals surface area contributed by atoms with Crippen molar-refractivity contribution in [2.75, 3.05) is 5.32 Å². The fourth-order valence-corrected chi connectivity index (χ4v) is 1.94. The normalized spacial score (nSPS) is 12.8. The van der Waals surface area contributed by atoms with E-state index in [0.29, 0.717) is 5.69 Å². The molecule has 0 heterocycles. The molecule has 7 heteroatoms. The molecule has 2 rings (SSSR count). The molecule has 0 fully saturated rings. The van der Waals surface area contributed by atoms with Gasteiger partial charge in [-0.1, -0.05) is 24.3 Å². The number of hydrogen-bond donors (Lipinski definition) is 2. The number of para-hydroxylation sites is 1. The van der Waals surface area contributed by atoms with Gasteiger partial charge in [-0.15, -0.1) is 0 Å². The Hall–Kier alpha value is -3.09. The van der Waals surface area contributed by atoms with Gasteiger partial charge in [0.25, 0.3) is 5.91 Å². The zero-order chi connectivity index (χ0) is 18.4. The number of aliphatic hydroxyl groups excluding tert-OH is 1. The average Bonchev–Trinajstić information content (AvgIpc) is 2.55. The maximum atomic E-state index is 12.7. The number of aliphatic imine (C=N–C) groups is 1. The number of carbonyl (C=O) groups excluding carboxylic acids is 1. The number of hydrogen-bond acceptors (Lipinski definition) is 3. The van der Waals surface area contributed by atoms with E-state index >= 15 is 0 Å². The number of halogens is 3. The van der Waals surface area contributed by atoms with E-state index in [0.717, 1.165) is 18.3 Å². The lowest BCUT2D eigenvalue weighted by Gasteiger charge is -2.07. The van der Waals surface area contributed by atoms with Crippen LogP contribution in [0.3, 0.4) is 0 Å². The molecule has 0 spiro atoms. The fraction of sp³-hybridized carbons (Fsp3) is 0.111. The zero-order valence-corrected chi connectivity index (χ0v) is 13.2. The van der Waals surface area contributed by atoms with Crippen LogP contribution in [0, 0.1) is 0 Å². The highest BCUT2D eigenvalue weighted by Gasteiger charge is 2.30. The Morgan fingerprint density at radius 3 is 2.40 bits per heavy atom. The molecule has 0 radical (unpaired) electrons. The Bertz CT molecular complexity index is 809. The van der Waals surface area contributed by atoms with Crippen LogP contribution in [0.5, 0.6) is 0 Å². The molecule has 0 saturated carbocycles. The molecule has 0 aliphatic rings. The topological polar surface area (TPSA) is 61.7 Å². The summed E-state index contributed by atoms with van der Waals surface area (Å²) in [5.74, 6) is -0.925. The van der Waals surface area contributed by atoms with Crippen LogP contribution in [-0.4, -0.2) is 17.2 Å². The van der Waals surface area contributed by atoms with Crippen molar-refractivity contribution >= 4 is 23.5 Å². The van der Waals surface area contributed by atoms with Crippen molar-refractivity contribution in [3.63, 3.8) is 0 Å². The standard InChI is InChI=1S/C18H15F3N2O2/c1-12(24)16(17(25)23-14-7-3-2-4-8-14)11-22-15-9-5-6-13(10-15)18(19,20)21/h2-11,24H,1H3,(H,23,25). The Morgan fingerprint density at radius 1 is 1.12 bits per heavy atom. The molecule has 0 bridgehead atoms. The molecule has 0 unspecified atom stereocenters. The van der Waals surface area contributed by atoms with Crippen molar-refractivity contribution in [1.82, 2.24) is 0 Å². The molecule has 0 saturated heterocycles. The molecule has 0 atom stereocenters. The minimum absolute atomic E-state index is 0.0149. The number of nitrogens with zero attached hydrogens (tertiary/aromatic N) is 1. The molecule has 0 aromatic heterocycles. The predicted octanol–water partition coefficient (Wildman–Crippen LogP) is 4.88. The van der Waals surface area contributed by atoms with E-state index in [-0.39, 0.29) is 17.0 Å². The van der Waals surface area contributed by atoms with Gasteiger partial charge in [-0.05, 0) is 37.3 Å². The second kappa shape index (κ2) is 7.65. The number of aliphatic hydroxyl groups is 1. The Labute approximate surface area is 142 Å². The number of anilines is 1. The number of benzene rings is 2. The van der Waals surface area contributed by atoms with Gasteiger partial charge >= 0.3 is 6.18 Å². The van der Waals surface area contributed by atoms with Crippen molar-refractivity contribution in [3.05, 3.63) is 71.5 Å². The summed E-state index contributed by atoms with van der Waals surface area (Å²) < 4.78 is 38.1. The Balaban J connectivity index is 2.21. The van der Waals surface area contributed by atoms with Gasteiger partial charge in [0.1, 0.15) is 5.76 Å². The average molecular weight is 348 g/mol. The maximum Gasteiger partial charge on any atom is 0.416 e. The van der Waals surface area contributed by atoms with E-state index in [9.17, 15) is 23.1 Å². The monoisotopic (exact) mass is 348 g/mol. The van der Waals surface area contributed by atoms with Gasteiger partial charge in [0.2, 0.25) is 0 Å². The van der Waals surface area contributed by atoms with Gasteiger partial charge in [0.15, 0.2) is 0 Å². The lowest BCUT2D eigenvalue weighted by molar-refractivity contribution is -0.137. The van der Waals surface area contributed by atoms with Crippen LogP contribution in [-0.2, 0) is 11.0 Å². The molecular weight excluding hydrogens is 333 g/mol. The van der Waals surface area contributed by atoms with E-state index in [2.05, 4.69) is 10.3 Å². The number of rotatable bonds is 4. The highest BCUT2D eigenvalue weighted by Crippen LogP contribution is 2.31. The van der Waals surface area contributed by atoms with Crippen molar-refractivity contribution in [3.8, 4) is 0 Å². The summed E-state index contributed by atoms with van der Waals surface area (Å²) in [4.78, 5) is 16.1. The molecule has 2 N–H and O–H groups in total. The largest absolute Gasteiger partial charge is 0.512 e. The number of allylic oxidation sites excluding steroid dienone is 1. The van der Waals surface area contributed by atoms with E-state index in [1.165, 1.54) is 19.1 Å². The molecule has 2 aromatic carbocycles. The number of carbonyl (C=O) groups is 1.